The lowest BCUT2D eigenvalue weighted by atomic mass is 10.1. The van der Waals surface area contributed by atoms with Gasteiger partial charge in [-0.1, -0.05) is 11.6 Å². The van der Waals surface area contributed by atoms with E-state index in [2.05, 4.69) is 5.32 Å². The number of methoxy groups -OCH3 is 1. The Hall–Kier alpha value is -3.00. The summed E-state index contributed by atoms with van der Waals surface area (Å²) in [5, 5.41) is 14.7. The Bertz CT molecular complexity index is 944. The van der Waals surface area contributed by atoms with Crippen LogP contribution in [0.15, 0.2) is 30.3 Å². The second-order valence-electron chi connectivity index (χ2n) is 6.88. The fraction of sp³-hybridized carbons (Fsp3) is 0.381. The molecule has 160 valence electrons. The molecule has 0 aromatic heterocycles. The van der Waals surface area contributed by atoms with Crippen molar-refractivity contribution in [2.24, 2.45) is 0 Å². The van der Waals surface area contributed by atoms with Crippen LogP contribution in [0.25, 0.3) is 0 Å². The molecular formula is C21H24ClN3O5. The highest BCUT2D eigenvalue weighted by Gasteiger charge is 2.24. The van der Waals surface area contributed by atoms with Gasteiger partial charge in [-0.15, -0.1) is 0 Å². The molecule has 8 nitrogen and oxygen atoms in total. The van der Waals surface area contributed by atoms with Crippen molar-refractivity contribution in [2.45, 2.75) is 26.3 Å². The topological polar surface area (TPSA) is 93.9 Å². The quantitative estimate of drug-likeness (QED) is 0.495. The van der Waals surface area contributed by atoms with Crippen LogP contribution >= 0.6 is 11.6 Å². The largest absolute Gasteiger partial charge is 0.493 e. The molecule has 0 aliphatic carbocycles. The fourth-order valence-corrected chi connectivity index (χ4v) is 3.77. The molecule has 1 aliphatic rings. The van der Waals surface area contributed by atoms with Crippen molar-refractivity contribution in [1.29, 1.82) is 0 Å². The summed E-state index contributed by atoms with van der Waals surface area (Å²) in [7, 11) is 1.51. The maximum absolute atomic E-state index is 12.6. The minimum absolute atomic E-state index is 0.0599. The number of hydrogen-bond acceptors (Lipinski definition) is 6. The third kappa shape index (κ3) is 4.76. The van der Waals surface area contributed by atoms with Gasteiger partial charge in [0, 0.05) is 31.3 Å². The van der Waals surface area contributed by atoms with Crippen molar-refractivity contribution in [1.82, 2.24) is 5.32 Å². The van der Waals surface area contributed by atoms with Gasteiger partial charge in [-0.3, -0.25) is 14.9 Å². The Morgan fingerprint density at radius 3 is 2.63 bits per heavy atom. The first kappa shape index (κ1) is 21.7. The maximum atomic E-state index is 12.6. The Morgan fingerprint density at radius 2 is 2.00 bits per heavy atom. The van der Waals surface area contributed by atoms with Gasteiger partial charge in [0.25, 0.3) is 11.6 Å². The summed E-state index contributed by atoms with van der Waals surface area (Å²) in [4.78, 5) is 25.7. The molecule has 1 amide bonds. The van der Waals surface area contributed by atoms with Gasteiger partial charge in [-0.05, 0) is 49.6 Å². The Morgan fingerprint density at radius 1 is 1.27 bits per heavy atom. The smallest absolute Gasteiger partial charge is 0.293 e. The lowest BCUT2D eigenvalue weighted by Crippen LogP contribution is -2.24. The number of halogens is 1. The summed E-state index contributed by atoms with van der Waals surface area (Å²) >= 11 is 6.26. The summed E-state index contributed by atoms with van der Waals surface area (Å²) in [6.07, 6.45) is 2.01. The first-order valence-corrected chi connectivity index (χ1v) is 10.1. The number of hydrogen-bond donors (Lipinski definition) is 1. The Kier molecular flexibility index (Phi) is 6.99. The second-order valence-corrected chi connectivity index (χ2v) is 7.29. The first-order chi connectivity index (χ1) is 14.4. The highest BCUT2D eigenvalue weighted by molar-refractivity contribution is 6.32. The van der Waals surface area contributed by atoms with E-state index in [4.69, 9.17) is 21.1 Å². The van der Waals surface area contributed by atoms with E-state index in [1.165, 1.54) is 13.2 Å². The first-order valence-electron chi connectivity index (χ1n) is 9.75. The van der Waals surface area contributed by atoms with Gasteiger partial charge in [0.2, 0.25) is 0 Å². The number of carbonyl (C=O) groups excluding carboxylic acids is 1. The van der Waals surface area contributed by atoms with Gasteiger partial charge in [0.1, 0.15) is 5.69 Å². The van der Waals surface area contributed by atoms with E-state index in [1.807, 2.05) is 11.8 Å². The van der Waals surface area contributed by atoms with Crippen LogP contribution in [0.4, 0.5) is 11.4 Å². The van der Waals surface area contributed by atoms with E-state index in [0.29, 0.717) is 28.8 Å². The maximum Gasteiger partial charge on any atom is 0.293 e. The molecule has 30 heavy (non-hydrogen) atoms. The molecule has 9 heteroatoms. The number of nitrogens with one attached hydrogen (secondary N) is 1. The average Bonchev–Trinajstić information content (AvgIpc) is 3.27. The van der Waals surface area contributed by atoms with Crippen LogP contribution in [0.3, 0.4) is 0 Å². The van der Waals surface area contributed by atoms with E-state index < -0.39 is 10.8 Å². The minimum Gasteiger partial charge on any atom is -0.493 e. The molecule has 2 aromatic carbocycles. The zero-order valence-electron chi connectivity index (χ0n) is 16.9. The molecule has 1 heterocycles. The molecule has 2 aromatic rings. The molecule has 1 N–H and O–H groups in total. The SMILES string of the molecule is CCOc1c(Cl)cc(CNC(=O)c2ccc(N3CCCC3)c([N+](=O)[O-])c2)cc1OC. The molecule has 0 spiro atoms. The van der Waals surface area contributed by atoms with Gasteiger partial charge in [0.15, 0.2) is 11.5 Å². The normalized spacial score (nSPS) is 13.2. The van der Waals surface area contributed by atoms with Gasteiger partial charge in [-0.2, -0.15) is 0 Å². The van der Waals surface area contributed by atoms with Crippen molar-refractivity contribution in [3.05, 3.63) is 56.6 Å². The molecule has 3 rings (SSSR count). The molecule has 0 saturated carbocycles. The van der Waals surface area contributed by atoms with E-state index in [9.17, 15) is 14.9 Å². The van der Waals surface area contributed by atoms with Crippen LogP contribution < -0.4 is 19.7 Å². The van der Waals surface area contributed by atoms with Crippen molar-refractivity contribution in [2.75, 3.05) is 31.7 Å². The zero-order chi connectivity index (χ0) is 21.7. The van der Waals surface area contributed by atoms with E-state index in [-0.39, 0.29) is 17.8 Å². The molecule has 1 saturated heterocycles. The molecule has 0 atom stereocenters. The van der Waals surface area contributed by atoms with Crippen molar-refractivity contribution >= 4 is 28.9 Å². The number of rotatable bonds is 8. The van der Waals surface area contributed by atoms with Gasteiger partial charge in [0.05, 0.1) is 23.7 Å². The lowest BCUT2D eigenvalue weighted by molar-refractivity contribution is -0.384. The van der Waals surface area contributed by atoms with Crippen LogP contribution in [0.1, 0.15) is 35.7 Å². The number of nitro benzene ring substituents is 1. The van der Waals surface area contributed by atoms with Crippen LogP contribution in [0, 0.1) is 10.1 Å². The summed E-state index contributed by atoms with van der Waals surface area (Å²) in [5.41, 5.74) is 1.44. The number of anilines is 1. The minimum atomic E-state index is -0.443. The summed E-state index contributed by atoms with van der Waals surface area (Å²) in [6, 6.07) is 8.01. The van der Waals surface area contributed by atoms with Crippen LogP contribution in [0.2, 0.25) is 5.02 Å². The highest BCUT2D eigenvalue weighted by Crippen LogP contribution is 2.36. The van der Waals surface area contributed by atoms with Gasteiger partial charge < -0.3 is 19.7 Å². The Labute approximate surface area is 179 Å². The lowest BCUT2D eigenvalue weighted by Gasteiger charge is -2.18. The number of nitro groups is 1. The predicted octanol–water partition coefficient (Wildman–Crippen LogP) is 4.19. The third-order valence-corrected chi connectivity index (χ3v) is 5.19. The van der Waals surface area contributed by atoms with E-state index in [1.54, 1.807) is 24.3 Å². The average molecular weight is 434 g/mol. The fourth-order valence-electron chi connectivity index (χ4n) is 3.48. The predicted molar refractivity (Wildman–Crippen MR) is 115 cm³/mol. The highest BCUT2D eigenvalue weighted by atomic mass is 35.5. The summed E-state index contributed by atoms with van der Waals surface area (Å²) in [5.74, 6) is 0.513. The van der Waals surface area contributed by atoms with Crippen LogP contribution in [-0.2, 0) is 6.54 Å². The standard InChI is InChI=1S/C21H24ClN3O5/c1-3-30-20-16(22)10-14(11-19(20)29-2)13-23-21(26)15-6-7-17(18(12-15)25(27)28)24-8-4-5-9-24/h6-7,10-12H,3-5,8-9,13H2,1-2H3,(H,23,26). The number of ether oxygens (including phenoxy) is 2. The molecule has 0 radical (unpaired) electrons. The molecule has 0 bridgehead atoms. The van der Waals surface area contributed by atoms with Crippen molar-refractivity contribution < 1.29 is 19.2 Å². The number of carbonyl (C=O) groups is 1. The number of nitrogens with zero attached hydrogens (tertiary/aromatic N) is 2. The second kappa shape index (κ2) is 9.67. The van der Waals surface area contributed by atoms with Crippen LogP contribution in [0.5, 0.6) is 11.5 Å². The van der Waals surface area contributed by atoms with Crippen molar-refractivity contribution in [3.8, 4) is 11.5 Å². The summed E-state index contributed by atoms with van der Waals surface area (Å²) < 4.78 is 10.8. The molecule has 1 fully saturated rings. The summed E-state index contributed by atoms with van der Waals surface area (Å²) in [6.45, 7) is 4.04. The van der Waals surface area contributed by atoms with Crippen molar-refractivity contribution in [3.63, 3.8) is 0 Å². The van der Waals surface area contributed by atoms with Gasteiger partial charge >= 0.3 is 0 Å². The van der Waals surface area contributed by atoms with Crippen LogP contribution in [-0.4, -0.2) is 37.6 Å². The number of benzene rings is 2. The monoisotopic (exact) mass is 433 g/mol. The Balaban J connectivity index is 1.75. The zero-order valence-corrected chi connectivity index (χ0v) is 17.7. The molecule has 0 unspecified atom stereocenters. The van der Waals surface area contributed by atoms with E-state index in [0.717, 1.165) is 31.5 Å². The molecule has 1 aliphatic heterocycles. The number of amides is 1. The molecular weight excluding hydrogens is 410 g/mol. The van der Waals surface area contributed by atoms with E-state index >= 15 is 0 Å². The van der Waals surface area contributed by atoms with Gasteiger partial charge in [-0.25, -0.2) is 0 Å². The third-order valence-electron chi connectivity index (χ3n) is 4.91.